The van der Waals surface area contributed by atoms with Gasteiger partial charge in [-0.1, -0.05) is 66.7 Å². The number of carbonyl (C=O) groups excluding carboxylic acids is 1. The predicted octanol–water partition coefficient (Wildman–Crippen LogP) is 5.63. The van der Waals surface area contributed by atoms with E-state index in [0.717, 1.165) is 32.9 Å². The summed E-state index contributed by atoms with van der Waals surface area (Å²) in [7, 11) is 0. The summed E-state index contributed by atoms with van der Waals surface area (Å²) in [6.07, 6.45) is 2.18. The fraction of sp³-hybridized carbons (Fsp3) is 0.0833. The van der Waals surface area contributed by atoms with Crippen LogP contribution >= 0.6 is 11.8 Å². The molecule has 0 heterocycles. The van der Waals surface area contributed by atoms with E-state index in [2.05, 4.69) is 40.9 Å². The Morgan fingerprint density at radius 3 is 2.14 bits per heavy atom. The predicted molar refractivity (Wildman–Crippen MR) is 119 cm³/mol. The Labute approximate surface area is 168 Å². The first-order valence-electron chi connectivity index (χ1n) is 9.21. The molecule has 0 saturated carbocycles. The molecule has 4 aromatic carbocycles. The zero-order valence-corrected chi connectivity index (χ0v) is 16.2. The molecule has 4 rings (SSSR count). The molecule has 28 heavy (non-hydrogen) atoms. The second kappa shape index (κ2) is 8.72. The molecule has 4 heteroatoms. The van der Waals surface area contributed by atoms with Gasteiger partial charge in [-0.25, -0.2) is 5.43 Å². The molecule has 0 radical (unpaired) electrons. The highest BCUT2D eigenvalue weighted by Gasteiger charge is 2.06. The number of hydrogen-bond donors (Lipinski definition) is 1. The Morgan fingerprint density at radius 2 is 1.46 bits per heavy atom. The van der Waals surface area contributed by atoms with Gasteiger partial charge in [0.15, 0.2) is 0 Å². The van der Waals surface area contributed by atoms with Crippen LogP contribution in [0.15, 0.2) is 94.9 Å². The minimum absolute atomic E-state index is 0.0794. The van der Waals surface area contributed by atoms with E-state index >= 15 is 0 Å². The van der Waals surface area contributed by atoms with E-state index in [9.17, 15) is 4.79 Å². The number of benzene rings is 4. The minimum Gasteiger partial charge on any atom is -0.273 e. The van der Waals surface area contributed by atoms with E-state index in [1.807, 2.05) is 54.6 Å². The zero-order chi connectivity index (χ0) is 19.2. The van der Waals surface area contributed by atoms with E-state index in [0.29, 0.717) is 6.42 Å². The highest BCUT2D eigenvalue weighted by molar-refractivity contribution is 7.99. The lowest BCUT2D eigenvalue weighted by Gasteiger charge is -2.08. The smallest absolute Gasteiger partial charge is 0.240 e. The largest absolute Gasteiger partial charge is 0.273 e. The maximum absolute atomic E-state index is 12.1. The molecule has 4 aromatic rings. The molecule has 138 valence electrons. The molecule has 0 aliphatic rings. The standard InChI is InChI=1S/C24H20N2OS/c27-24(14-15-28-20-10-2-1-3-11-20)26-25-17-23-21-12-6-4-8-18(21)16-19-9-5-7-13-22(19)23/h1-13,16-17H,14-15H2,(H,26,27)/b25-17-. The van der Waals surface area contributed by atoms with Crippen LogP contribution in [0.3, 0.4) is 0 Å². The first-order valence-corrected chi connectivity index (χ1v) is 10.2. The fourth-order valence-electron chi connectivity index (χ4n) is 3.19. The van der Waals surface area contributed by atoms with Crippen LogP contribution in [0.2, 0.25) is 0 Å². The molecular weight excluding hydrogens is 364 g/mol. The first kappa shape index (κ1) is 18.3. The first-order chi connectivity index (χ1) is 13.8. The van der Waals surface area contributed by atoms with E-state index in [4.69, 9.17) is 0 Å². The van der Waals surface area contributed by atoms with Crippen LogP contribution in [0.1, 0.15) is 12.0 Å². The van der Waals surface area contributed by atoms with Crippen molar-refractivity contribution in [2.75, 3.05) is 5.75 Å². The number of hydrogen-bond acceptors (Lipinski definition) is 3. The topological polar surface area (TPSA) is 41.5 Å². The Balaban J connectivity index is 1.46. The van der Waals surface area contributed by atoms with Crippen molar-refractivity contribution >= 4 is 45.4 Å². The second-order valence-electron chi connectivity index (χ2n) is 6.44. The summed E-state index contributed by atoms with van der Waals surface area (Å²) in [6, 6.07) is 28.7. The molecule has 0 bridgehead atoms. The van der Waals surface area contributed by atoms with Gasteiger partial charge in [-0.15, -0.1) is 11.8 Å². The van der Waals surface area contributed by atoms with Gasteiger partial charge in [0.2, 0.25) is 5.91 Å². The van der Waals surface area contributed by atoms with Gasteiger partial charge in [-0.2, -0.15) is 5.10 Å². The van der Waals surface area contributed by atoms with Gasteiger partial charge >= 0.3 is 0 Å². The van der Waals surface area contributed by atoms with E-state index in [-0.39, 0.29) is 5.91 Å². The van der Waals surface area contributed by atoms with Crippen LogP contribution in [0, 0.1) is 0 Å². The van der Waals surface area contributed by atoms with Gasteiger partial charge in [0.25, 0.3) is 0 Å². The molecule has 0 aliphatic carbocycles. The van der Waals surface area contributed by atoms with Gasteiger partial charge in [-0.05, 0) is 39.7 Å². The van der Waals surface area contributed by atoms with Crippen molar-refractivity contribution in [3.05, 3.63) is 90.5 Å². The summed E-state index contributed by atoms with van der Waals surface area (Å²) in [5.74, 6) is 0.645. The van der Waals surface area contributed by atoms with Gasteiger partial charge < -0.3 is 0 Å². The van der Waals surface area contributed by atoms with Crippen LogP contribution in [-0.2, 0) is 4.79 Å². The van der Waals surface area contributed by atoms with Gasteiger partial charge in [0.1, 0.15) is 0 Å². The van der Waals surface area contributed by atoms with Gasteiger partial charge in [-0.3, -0.25) is 4.79 Å². The van der Waals surface area contributed by atoms with Crippen molar-refractivity contribution in [1.82, 2.24) is 5.43 Å². The monoisotopic (exact) mass is 384 g/mol. The summed E-state index contributed by atoms with van der Waals surface area (Å²) in [6.45, 7) is 0. The highest BCUT2D eigenvalue weighted by Crippen LogP contribution is 2.27. The molecule has 1 amide bonds. The molecule has 3 nitrogen and oxygen atoms in total. The van der Waals surface area contributed by atoms with Crippen molar-refractivity contribution in [3.8, 4) is 0 Å². The Hall–Kier alpha value is -3.11. The normalized spacial score (nSPS) is 11.3. The van der Waals surface area contributed by atoms with Crippen molar-refractivity contribution in [3.63, 3.8) is 0 Å². The quantitative estimate of drug-likeness (QED) is 0.203. The average Bonchev–Trinajstić information content (AvgIpc) is 2.74. The maximum atomic E-state index is 12.1. The molecule has 0 aliphatic heterocycles. The van der Waals surface area contributed by atoms with Gasteiger partial charge in [0, 0.05) is 22.6 Å². The summed E-state index contributed by atoms with van der Waals surface area (Å²) >= 11 is 1.67. The van der Waals surface area contributed by atoms with E-state index < -0.39 is 0 Å². The average molecular weight is 385 g/mol. The molecule has 0 saturated heterocycles. The molecular formula is C24H20N2OS. The summed E-state index contributed by atoms with van der Waals surface area (Å²) in [5.41, 5.74) is 3.68. The number of fused-ring (bicyclic) bond motifs is 2. The molecule has 0 spiro atoms. The van der Waals surface area contributed by atoms with Crippen LogP contribution < -0.4 is 5.43 Å². The van der Waals surface area contributed by atoms with Crippen LogP contribution in [0.4, 0.5) is 0 Å². The minimum atomic E-state index is -0.0794. The third kappa shape index (κ3) is 4.24. The Bertz CT molecular complexity index is 1090. The Kier molecular flexibility index (Phi) is 5.69. The molecule has 1 N–H and O–H groups in total. The lowest BCUT2D eigenvalue weighted by atomic mass is 9.97. The number of carbonyl (C=O) groups is 1. The van der Waals surface area contributed by atoms with Crippen LogP contribution in [0.25, 0.3) is 21.5 Å². The van der Waals surface area contributed by atoms with Crippen molar-refractivity contribution in [2.24, 2.45) is 5.10 Å². The summed E-state index contributed by atoms with van der Waals surface area (Å²) < 4.78 is 0. The molecule has 0 aromatic heterocycles. The summed E-state index contributed by atoms with van der Waals surface area (Å²) in [5, 5.41) is 8.80. The number of amides is 1. The Morgan fingerprint density at radius 1 is 0.857 bits per heavy atom. The van der Waals surface area contributed by atoms with Crippen LogP contribution in [0.5, 0.6) is 0 Å². The van der Waals surface area contributed by atoms with Crippen molar-refractivity contribution in [1.29, 1.82) is 0 Å². The number of rotatable bonds is 6. The number of thioether (sulfide) groups is 1. The number of nitrogens with zero attached hydrogens (tertiary/aromatic N) is 1. The zero-order valence-electron chi connectivity index (χ0n) is 15.3. The third-order valence-electron chi connectivity index (χ3n) is 4.54. The number of nitrogens with one attached hydrogen (secondary N) is 1. The number of hydrazone groups is 1. The third-order valence-corrected chi connectivity index (χ3v) is 5.55. The lowest BCUT2D eigenvalue weighted by Crippen LogP contribution is -2.17. The van der Waals surface area contributed by atoms with Crippen molar-refractivity contribution in [2.45, 2.75) is 11.3 Å². The van der Waals surface area contributed by atoms with E-state index in [1.54, 1.807) is 18.0 Å². The molecule has 0 unspecified atom stereocenters. The SMILES string of the molecule is O=C(CCSc1ccccc1)N/N=C\c1c2ccccc2cc2ccccc12. The van der Waals surface area contributed by atoms with Crippen LogP contribution in [-0.4, -0.2) is 17.9 Å². The summed E-state index contributed by atoms with van der Waals surface area (Å²) in [4.78, 5) is 13.3. The maximum Gasteiger partial charge on any atom is 0.240 e. The second-order valence-corrected chi connectivity index (χ2v) is 7.61. The van der Waals surface area contributed by atoms with Gasteiger partial charge in [0.05, 0.1) is 6.21 Å². The molecule has 0 fully saturated rings. The van der Waals surface area contributed by atoms with E-state index in [1.165, 1.54) is 4.90 Å². The highest BCUT2D eigenvalue weighted by atomic mass is 32.2. The molecule has 0 atom stereocenters. The fourth-order valence-corrected chi connectivity index (χ4v) is 4.06. The lowest BCUT2D eigenvalue weighted by molar-refractivity contribution is -0.120. The van der Waals surface area contributed by atoms with Crippen molar-refractivity contribution < 1.29 is 4.79 Å².